The SMILES string of the molecule is C=CC(C)(CCC=C(C)C)OC(OC)(OC(C)(C=C)CCC=C(C)C)OC(C)(C=C)CCC=C(C)C. The van der Waals surface area contributed by atoms with Gasteiger partial charge in [0, 0.05) is 7.11 Å². The normalized spacial score (nSPS) is 17.8. The first kappa shape index (κ1) is 34.3. The fraction of sp³-hybridized carbons (Fsp3) is 0.625. The van der Waals surface area contributed by atoms with E-state index in [0.717, 1.165) is 19.3 Å². The van der Waals surface area contributed by atoms with E-state index in [-0.39, 0.29) is 0 Å². The van der Waals surface area contributed by atoms with Crippen molar-refractivity contribution in [3.63, 3.8) is 0 Å². The quantitative estimate of drug-likeness (QED) is 0.130. The van der Waals surface area contributed by atoms with Crippen molar-refractivity contribution in [2.24, 2.45) is 0 Å². The summed E-state index contributed by atoms with van der Waals surface area (Å²) in [6.07, 6.45) is 14.6. The maximum atomic E-state index is 6.62. The lowest BCUT2D eigenvalue weighted by Crippen LogP contribution is -2.55. The molecule has 206 valence electrons. The van der Waals surface area contributed by atoms with Crippen molar-refractivity contribution in [1.29, 1.82) is 0 Å². The highest BCUT2D eigenvalue weighted by Gasteiger charge is 2.49. The number of hydrogen-bond acceptors (Lipinski definition) is 4. The molecular formula is C32H54O4. The van der Waals surface area contributed by atoms with E-state index in [0.29, 0.717) is 19.3 Å². The van der Waals surface area contributed by atoms with Gasteiger partial charge in [0.1, 0.15) is 0 Å². The Morgan fingerprint density at radius 2 is 0.806 bits per heavy atom. The van der Waals surface area contributed by atoms with Crippen LogP contribution in [0.4, 0.5) is 0 Å². The molecule has 0 fully saturated rings. The van der Waals surface area contributed by atoms with Crippen LogP contribution in [-0.4, -0.2) is 30.1 Å². The van der Waals surface area contributed by atoms with E-state index < -0.39 is 23.0 Å². The molecule has 0 spiro atoms. The Labute approximate surface area is 222 Å². The van der Waals surface area contributed by atoms with E-state index in [4.69, 9.17) is 18.9 Å². The van der Waals surface area contributed by atoms with E-state index >= 15 is 0 Å². The Kier molecular flexibility index (Phi) is 14.8. The number of allylic oxidation sites excluding steroid dienone is 6. The zero-order chi connectivity index (χ0) is 28.0. The van der Waals surface area contributed by atoms with Crippen molar-refractivity contribution in [3.05, 3.63) is 72.9 Å². The summed E-state index contributed by atoms with van der Waals surface area (Å²) in [5, 5.41) is 0. The molecule has 0 heterocycles. The van der Waals surface area contributed by atoms with Gasteiger partial charge < -0.3 is 4.74 Å². The minimum atomic E-state index is -1.81. The molecular weight excluding hydrogens is 448 g/mol. The van der Waals surface area contributed by atoms with E-state index in [2.05, 4.69) is 79.5 Å². The van der Waals surface area contributed by atoms with Gasteiger partial charge >= 0.3 is 6.16 Å². The monoisotopic (exact) mass is 502 g/mol. The average molecular weight is 503 g/mol. The summed E-state index contributed by atoms with van der Waals surface area (Å²) in [6, 6.07) is 0. The molecule has 0 aromatic heterocycles. The van der Waals surface area contributed by atoms with E-state index in [1.165, 1.54) is 16.7 Å². The van der Waals surface area contributed by atoms with Gasteiger partial charge in [-0.1, -0.05) is 53.2 Å². The van der Waals surface area contributed by atoms with E-state index in [9.17, 15) is 0 Å². The third kappa shape index (κ3) is 13.0. The van der Waals surface area contributed by atoms with Gasteiger partial charge in [0.2, 0.25) is 0 Å². The molecule has 4 heteroatoms. The maximum absolute atomic E-state index is 6.62. The molecule has 0 saturated carbocycles. The highest BCUT2D eigenvalue weighted by atomic mass is 17.0. The molecule has 0 aromatic carbocycles. The first-order valence-electron chi connectivity index (χ1n) is 13.1. The lowest BCUT2D eigenvalue weighted by atomic mass is 9.98. The molecule has 36 heavy (non-hydrogen) atoms. The van der Waals surface area contributed by atoms with Crippen molar-refractivity contribution in [1.82, 2.24) is 0 Å². The van der Waals surface area contributed by atoms with Crippen LogP contribution in [-0.2, 0) is 18.9 Å². The van der Waals surface area contributed by atoms with Gasteiger partial charge in [-0.15, -0.1) is 19.7 Å². The third-order valence-electron chi connectivity index (χ3n) is 6.20. The molecule has 0 aliphatic heterocycles. The second-order valence-corrected chi connectivity index (χ2v) is 11.0. The number of rotatable bonds is 19. The van der Waals surface area contributed by atoms with Gasteiger partial charge in [-0.05, 0) is 101 Å². The first-order valence-corrected chi connectivity index (χ1v) is 13.1. The fourth-order valence-corrected chi connectivity index (χ4v) is 3.57. The van der Waals surface area contributed by atoms with Crippen LogP contribution in [0.1, 0.15) is 101 Å². The first-order chi connectivity index (χ1) is 16.6. The van der Waals surface area contributed by atoms with Gasteiger partial charge in [0.25, 0.3) is 0 Å². The van der Waals surface area contributed by atoms with Crippen LogP contribution in [0.3, 0.4) is 0 Å². The molecule has 3 atom stereocenters. The van der Waals surface area contributed by atoms with Crippen LogP contribution in [0.2, 0.25) is 0 Å². The molecule has 3 unspecified atom stereocenters. The van der Waals surface area contributed by atoms with Crippen LogP contribution in [0.15, 0.2) is 72.9 Å². The summed E-state index contributed by atoms with van der Waals surface area (Å²) in [4.78, 5) is 0. The summed E-state index contributed by atoms with van der Waals surface area (Å²) in [6.45, 7) is 30.6. The van der Waals surface area contributed by atoms with E-state index in [1.54, 1.807) is 25.3 Å². The van der Waals surface area contributed by atoms with Crippen LogP contribution in [0, 0.1) is 0 Å². The van der Waals surface area contributed by atoms with Gasteiger partial charge in [-0.2, -0.15) is 0 Å². The second-order valence-electron chi connectivity index (χ2n) is 11.0. The molecule has 0 bridgehead atoms. The van der Waals surface area contributed by atoms with Gasteiger partial charge in [-0.3, -0.25) is 14.2 Å². The Morgan fingerprint density at radius 1 is 0.556 bits per heavy atom. The molecule has 0 radical (unpaired) electrons. The Bertz CT molecular complexity index is 690. The third-order valence-corrected chi connectivity index (χ3v) is 6.20. The minimum absolute atomic E-state index is 0.685. The summed E-state index contributed by atoms with van der Waals surface area (Å²) >= 11 is 0. The van der Waals surface area contributed by atoms with Crippen LogP contribution >= 0.6 is 0 Å². The highest BCUT2D eigenvalue weighted by molar-refractivity contribution is 5.03. The largest absolute Gasteiger partial charge is 0.414 e. The van der Waals surface area contributed by atoms with Crippen molar-refractivity contribution in [3.8, 4) is 0 Å². The van der Waals surface area contributed by atoms with Gasteiger partial charge in [0.05, 0.1) is 16.8 Å². The van der Waals surface area contributed by atoms with Crippen LogP contribution in [0.5, 0.6) is 0 Å². The van der Waals surface area contributed by atoms with Crippen LogP contribution in [0.25, 0.3) is 0 Å². The molecule has 0 saturated heterocycles. The minimum Gasteiger partial charge on any atom is -0.307 e. The summed E-state index contributed by atoms with van der Waals surface area (Å²) < 4.78 is 25.8. The molecule has 0 aromatic rings. The molecule has 4 nitrogen and oxygen atoms in total. The topological polar surface area (TPSA) is 36.9 Å². The molecule has 0 aliphatic rings. The van der Waals surface area contributed by atoms with Gasteiger partial charge in [-0.25, -0.2) is 0 Å². The summed E-state index contributed by atoms with van der Waals surface area (Å²) in [5.41, 5.74) is 1.45. The zero-order valence-corrected chi connectivity index (χ0v) is 25.0. The lowest BCUT2D eigenvalue weighted by molar-refractivity contribution is -0.538. The van der Waals surface area contributed by atoms with Crippen molar-refractivity contribution < 1.29 is 18.9 Å². The number of methoxy groups -OCH3 is 1. The molecule has 0 aliphatic carbocycles. The average Bonchev–Trinajstić information content (AvgIpc) is 2.78. The van der Waals surface area contributed by atoms with Crippen LogP contribution < -0.4 is 0 Å². The Balaban J connectivity index is 6.37. The summed E-state index contributed by atoms with van der Waals surface area (Å²) in [7, 11) is 1.54. The second kappa shape index (κ2) is 15.5. The highest BCUT2D eigenvalue weighted by Crippen LogP contribution is 2.39. The number of hydrogen-bond donors (Lipinski definition) is 0. The molecule has 0 N–H and O–H groups in total. The zero-order valence-electron chi connectivity index (χ0n) is 25.0. The van der Waals surface area contributed by atoms with Crippen molar-refractivity contribution in [2.75, 3.05) is 7.11 Å². The Morgan fingerprint density at radius 3 is 0.972 bits per heavy atom. The van der Waals surface area contributed by atoms with Gasteiger partial charge in [0.15, 0.2) is 0 Å². The Hall–Kier alpha value is -1.72. The maximum Gasteiger partial charge on any atom is 0.414 e. The van der Waals surface area contributed by atoms with Crippen molar-refractivity contribution in [2.45, 2.75) is 124 Å². The number of ether oxygens (including phenoxy) is 4. The van der Waals surface area contributed by atoms with E-state index in [1.807, 2.05) is 20.8 Å². The lowest BCUT2D eigenvalue weighted by Gasteiger charge is -2.46. The predicted octanol–water partition coefficient (Wildman–Crippen LogP) is 9.37. The molecule has 0 amide bonds. The van der Waals surface area contributed by atoms with Crippen molar-refractivity contribution >= 4 is 0 Å². The molecule has 0 rings (SSSR count). The smallest absolute Gasteiger partial charge is 0.307 e. The standard InChI is InChI=1S/C32H54O4/c1-14-29(10,23-17-20-26(4)5)34-32(33-13,35-30(11,15-2)24-18-21-27(6)7)36-31(12,16-3)25-19-22-28(8)9/h14-16,20-22H,1-3,17-19,23-25H2,4-13H3. The fourth-order valence-electron chi connectivity index (χ4n) is 3.57. The summed E-state index contributed by atoms with van der Waals surface area (Å²) in [5.74, 6) is 0. The predicted molar refractivity (Wildman–Crippen MR) is 155 cm³/mol.